The van der Waals surface area contributed by atoms with E-state index in [0.717, 1.165) is 6.54 Å². The molecule has 1 aliphatic carbocycles. The van der Waals surface area contributed by atoms with Gasteiger partial charge in [-0.05, 0) is 30.2 Å². The summed E-state index contributed by atoms with van der Waals surface area (Å²) >= 11 is 6.04. The van der Waals surface area contributed by atoms with Crippen LogP contribution in [0, 0.1) is 21.4 Å². The van der Waals surface area contributed by atoms with Gasteiger partial charge in [0, 0.05) is 12.6 Å². The van der Waals surface area contributed by atoms with Crippen LogP contribution in [0.1, 0.15) is 26.7 Å². The molecule has 0 saturated heterocycles. The molecule has 0 unspecified atom stereocenters. The van der Waals surface area contributed by atoms with Crippen molar-refractivity contribution >= 4 is 23.0 Å². The van der Waals surface area contributed by atoms with Crippen molar-refractivity contribution in [3.63, 3.8) is 0 Å². The molecule has 0 atom stereocenters. The van der Waals surface area contributed by atoms with Gasteiger partial charge in [-0.15, -0.1) is 0 Å². The molecule has 18 heavy (non-hydrogen) atoms. The molecule has 0 amide bonds. The first-order valence-corrected chi connectivity index (χ1v) is 6.51. The second-order valence-corrected chi connectivity index (χ2v) is 5.67. The molecule has 0 aliphatic heterocycles. The minimum absolute atomic E-state index is 0.0436. The van der Waals surface area contributed by atoms with Crippen LogP contribution in [0.3, 0.4) is 0 Å². The van der Waals surface area contributed by atoms with Gasteiger partial charge >= 0.3 is 0 Å². The number of benzene rings is 1. The molecule has 4 nitrogen and oxygen atoms in total. The molecule has 0 heterocycles. The zero-order chi connectivity index (χ0) is 13.3. The Morgan fingerprint density at radius 1 is 1.50 bits per heavy atom. The zero-order valence-electron chi connectivity index (χ0n) is 10.6. The molecule has 2 rings (SSSR count). The van der Waals surface area contributed by atoms with E-state index in [0.29, 0.717) is 16.6 Å². The lowest BCUT2D eigenvalue weighted by Crippen LogP contribution is -2.21. The van der Waals surface area contributed by atoms with Crippen LogP contribution in [0.2, 0.25) is 5.02 Å². The molecule has 5 heteroatoms. The van der Waals surface area contributed by atoms with Gasteiger partial charge in [-0.1, -0.05) is 31.5 Å². The van der Waals surface area contributed by atoms with E-state index in [-0.39, 0.29) is 11.1 Å². The Hall–Kier alpha value is -1.29. The summed E-state index contributed by atoms with van der Waals surface area (Å²) in [6.07, 6.45) is 2.35. The summed E-state index contributed by atoms with van der Waals surface area (Å²) in [5, 5.41) is 14.5. The quantitative estimate of drug-likeness (QED) is 0.646. The van der Waals surface area contributed by atoms with Gasteiger partial charge in [0.25, 0.3) is 5.69 Å². The van der Waals surface area contributed by atoms with Crippen molar-refractivity contribution in [3.05, 3.63) is 33.3 Å². The molecule has 1 saturated carbocycles. The van der Waals surface area contributed by atoms with Crippen molar-refractivity contribution in [3.8, 4) is 0 Å². The summed E-state index contributed by atoms with van der Waals surface area (Å²) < 4.78 is 0. The molecule has 1 fully saturated rings. The summed E-state index contributed by atoms with van der Waals surface area (Å²) in [5.74, 6) is 0.576. The Morgan fingerprint density at radius 2 is 2.17 bits per heavy atom. The molecule has 1 N–H and O–H groups in total. The van der Waals surface area contributed by atoms with E-state index in [2.05, 4.69) is 19.2 Å². The number of nitrogens with zero attached hydrogens (tertiary/aromatic N) is 1. The standard InChI is InChI=1S/C13H17ClN2O2/c1-9(2)13(6-7-13)8-15-12-10(14)4-3-5-11(12)16(17)18/h3-5,9,15H,6-8H2,1-2H3. The normalized spacial score (nSPS) is 16.7. The highest BCUT2D eigenvalue weighted by Gasteiger charge is 2.45. The predicted molar refractivity (Wildman–Crippen MR) is 73.1 cm³/mol. The first-order valence-electron chi connectivity index (χ1n) is 6.13. The van der Waals surface area contributed by atoms with E-state index >= 15 is 0 Å². The molecule has 0 spiro atoms. The topological polar surface area (TPSA) is 55.2 Å². The summed E-state index contributed by atoms with van der Waals surface area (Å²) in [6, 6.07) is 4.75. The van der Waals surface area contributed by atoms with Gasteiger partial charge in [0.1, 0.15) is 5.69 Å². The summed E-state index contributed by atoms with van der Waals surface area (Å²) in [7, 11) is 0. The van der Waals surface area contributed by atoms with E-state index in [4.69, 9.17) is 11.6 Å². The van der Waals surface area contributed by atoms with Crippen LogP contribution in [0.15, 0.2) is 18.2 Å². The fourth-order valence-corrected chi connectivity index (χ4v) is 2.46. The summed E-state index contributed by atoms with van der Waals surface area (Å²) in [5.41, 5.74) is 0.769. The maximum Gasteiger partial charge on any atom is 0.293 e. The molecule has 1 aromatic rings. The van der Waals surface area contributed by atoms with Crippen LogP contribution in [0.25, 0.3) is 0 Å². The smallest absolute Gasteiger partial charge is 0.293 e. The third kappa shape index (κ3) is 2.43. The molecular formula is C13H17ClN2O2. The van der Waals surface area contributed by atoms with Gasteiger partial charge in [0.05, 0.1) is 9.95 Å². The van der Waals surface area contributed by atoms with Crippen molar-refractivity contribution in [1.82, 2.24) is 0 Å². The number of nitro benzene ring substituents is 1. The Bertz CT molecular complexity index is 470. The molecular weight excluding hydrogens is 252 g/mol. The van der Waals surface area contributed by atoms with Crippen molar-refractivity contribution in [2.24, 2.45) is 11.3 Å². The lowest BCUT2D eigenvalue weighted by molar-refractivity contribution is -0.383. The summed E-state index contributed by atoms with van der Waals surface area (Å²) in [4.78, 5) is 10.6. The average Bonchev–Trinajstić information content (AvgIpc) is 3.08. The molecule has 0 radical (unpaired) electrons. The number of halogens is 1. The number of hydrogen-bond acceptors (Lipinski definition) is 3. The van der Waals surface area contributed by atoms with E-state index in [1.807, 2.05) is 0 Å². The van der Waals surface area contributed by atoms with Gasteiger partial charge in [-0.2, -0.15) is 0 Å². The van der Waals surface area contributed by atoms with E-state index < -0.39 is 4.92 Å². The fourth-order valence-electron chi connectivity index (χ4n) is 2.22. The number of rotatable bonds is 5. The van der Waals surface area contributed by atoms with Crippen LogP contribution in [-0.2, 0) is 0 Å². The molecule has 0 aromatic heterocycles. The first kappa shape index (κ1) is 13.1. The van der Waals surface area contributed by atoms with Crippen molar-refractivity contribution in [1.29, 1.82) is 0 Å². The Balaban J connectivity index is 2.17. The van der Waals surface area contributed by atoms with E-state index in [1.165, 1.54) is 18.9 Å². The number of anilines is 1. The van der Waals surface area contributed by atoms with Crippen LogP contribution in [0.4, 0.5) is 11.4 Å². The highest BCUT2D eigenvalue weighted by atomic mass is 35.5. The van der Waals surface area contributed by atoms with Crippen LogP contribution >= 0.6 is 11.6 Å². The number of para-hydroxylation sites is 1. The Labute approximate surface area is 111 Å². The predicted octanol–water partition coefficient (Wildman–Crippen LogP) is 4.10. The third-order valence-corrected chi connectivity index (χ3v) is 4.24. The highest BCUT2D eigenvalue weighted by molar-refractivity contribution is 6.33. The van der Waals surface area contributed by atoms with E-state index in [1.54, 1.807) is 12.1 Å². The van der Waals surface area contributed by atoms with Crippen LogP contribution < -0.4 is 5.32 Å². The van der Waals surface area contributed by atoms with Crippen LogP contribution in [0.5, 0.6) is 0 Å². The second kappa shape index (κ2) is 4.76. The lowest BCUT2D eigenvalue weighted by Gasteiger charge is -2.21. The highest BCUT2D eigenvalue weighted by Crippen LogP contribution is 2.52. The first-order chi connectivity index (χ1) is 8.46. The van der Waals surface area contributed by atoms with Gasteiger partial charge in [0.2, 0.25) is 0 Å². The minimum atomic E-state index is -0.400. The molecule has 0 bridgehead atoms. The van der Waals surface area contributed by atoms with Gasteiger partial charge < -0.3 is 5.32 Å². The summed E-state index contributed by atoms with van der Waals surface area (Å²) in [6.45, 7) is 5.13. The minimum Gasteiger partial charge on any atom is -0.378 e. The maximum atomic E-state index is 11.0. The van der Waals surface area contributed by atoms with Crippen molar-refractivity contribution in [2.75, 3.05) is 11.9 Å². The zero-order valence-corrected chi connectivity index (χ0v) is 11.3. The van der Waals surface area contributed by atoms with Crippen LogP contribution in [-0.4, -0.2) is 11.5 Å². The second-order valence-electron chi connectivity index (χ2n) is 5.26. The average molecular weight is 269 g/mol. The van der Waals surface area contributed by atoms with E-state index in [9.17, 15) is 10.1 Å². The lowest BCUT2D eigenvalue weighted by atomic mass is 9.92. The van der Waals surface area contributed by atoms with Gasteiger partial charge in [-0.3, -0.25) is 10.1 Å². The van der Waals surface area contributed by atoms with Gasteiger partial charge in [-0.25, -0.2) is 0 Å². The Morgan fingerprint density at radius 3 is 2.67 bits per heavy atom. The third-order valence-electron chi connectivity index (χ3n) is 3.92. The number of nitrogens with one attached hydrogen (secondary N) is 1. The SMILES string of the molecule is CC(C)C1(CNc2c(Cl)cccc2[N+](=O)[O-])CC1. The van der Waals surface area contributed by atoms with Gasteiger partial charge in [0.15, 0.2) is 0 Å². The van der Waals surface area contributed by atoms with Crippen molar-refractivity contribution in [2.45, 2.75) is 26.7 Å². The monoisotopic (exact) mass is 268 g/mol. The number of hydrogen-bond donors (Lipinski definition) is 1. The Kier molecular flexibility index (Phi) is 3.48. The maximum absolute atomic E-state index is 11.0. The molecule has 1 aromatic carbocycles. The molecule has 98 valence electrons. The largest absolute Gasteiger partial charge is 0.378 e. The van der Waals surface area contributed by atoms with Crippen molar-refractivity contribution < 1.29 is 4.92 Å². The fraction of sp³-hybridized carbons (Fsp3) is 0.538. The number of nitro groups is 1. The molecule has 1 aliphatic rings.